The molecule has 1 unspecified atom stereocenters. The molecular weight excluding hydrogens is 544 g/mol. The highest BCUT2D eigenvalue weighted by Crippen LogP contribution is 2.18. The number of carbonyl (C=O) groups excluding carboxylic acids is 2. The summed E-state index contributed by atoms with van der Waals surface area (Å²) in [6, 6.07) is 6.93. The molecule has 1 aliphatic rings. The molecule has 0 aromatic heterocycles. The van der Waals surface area contributed by atoms with Crippen LogP contribution in [0.2, 0.25) is 0 Å². The second-order valence-corrected chi connectivity index (χ2v) is 9.49. The van der Waals surface area contributed by atoms with Crippen molar-refractivity contribution in [2.24, 2.45) is 10.9 Å². The maximum Gasteiger partial charge on any atom is 0.323 e. The summed E-state index contributed by atoms with van der Waals surface area (Å²) in [4.78, 5) is 68.4. The molecule has 1 aliphatic heterocycles. The zero-order valence-electron chi connectivity index (χ0n) is 22.0. The molecule has 1 aromatic carbocycles. The third-order valence-electron chi connectivity index (χ3n) is 6.03. The van der Waals surface area contributed by atoms with Crippen LogP contribution >= 0.6 is 12.2 Å². The maximum absolute atomic E-state index is 13.3. The van der Waals surface area contributed by atoms with Crippen LogP contribution in [-0.2, 0) is 30.4 Å². The Morgan fingerprint density at radius 3 is 2.02 bits per heavy atom. The molecular formula is C25H34N6O8S. The van der Waals surface area contributed by atoms with Crippen LogP contribution in [0.3, 0.4) is 0 Å². The highest BCUT2D eigenvalue weighted by atomic mass is 32.1. The molecule has 1 aromatic rings. The van der Waals surface area contributed by atoms with E-state index in [4.69, 9.17) is 0 Å². The Bertz CT molecular complexity index is 1100. The molecule has 15 heteroatoms. The molecule has 14 nitrogen and oxygen atoms in total. The van der Waals surface area contributed by atoms with E-state index in [2.05, 4.69) is 33.0 Å². The number of hydrogen-bond donors (Lipinski definition) is 5. The first-order valence-corrected chi connectivity index (χ1v) is 13.0. The summed E-state index contributed by atoms with van der Waals surface area (Å²) in [5.74, 6) is -5.20. The first-order valence-electron chi connectivity index (χ1n) is 12.6. The number of isothiocyanates is 1. The van der Waals surface area contributed by atoms with Crippen molar-refractivity contribution in [3.05, 3.63) is 29.8 Å². The molecule has 2 amide bonds. The second kappa shape index (κ2) is 17.0. The summed E-state index contributed by atoms with van der Waals surface area (Å²) in [6.45, 7) is -0.821. The minimum atomic E-state index is -1.27. The van der Waals surface area contributed by atoms with Crippen LogP contribution in [-0.4, -0.2) is 137 Å². The van der Waals surface area contributed by atoms with E-state index in [9.17, 15) is 39.3 Å². The molecule has 40 heavy (non-hydrogen) atoms. The number of carboxylic acids is 3. The van der Waals surface area contributed by atoms with Crippen LogP contribution in [0.25, 0.3) is 0 Å². The van der Waals surface area contributed by atoms with E-state index in [1.165, 1.54) is 9.80 Å². The van der Waals surface area contributed by atoms with Crippen molar-refractivity contribution in [1.29, 1.82) is 0 Å². The van der Waals surface area contributed by atoms with E-state index in [-0.39, 0.29) is 39.1 Å². The number of carboxylic acid groups (broad SMARTS) is 3. The zero-order chi connectivity index (χ0) is 29.5. The fourth-order valence-electron chi connectivity index (χ4n) is 4.28. The number of thiocarbonyl (C=S) groups is 1. The molecule has 5 N–H and O–H groups in total. The lowest BCUT2D eigenvalue weighted by atomic mass is 9.97. The third kappa shape index (κ3) is 12.4. The van der Waals surface area contributed by atoms with Gasteiger partial charge in [-0.25, -0.2) is 0 Å². The summed E-state index contributed by atoms with van der Waals surface area (Å²) in [7, 11) is 0. The molecule has 0 bridgehead atoms. The van der Waals surface area contributed by atoms with Crippen molar-refractivity contribution < 1.29 is 39.3 Å². The monoisotopic (exact) mass is 578 g/mol. The largest absolute Gasteiger partial charge is 0.480 e. The molecule has 1 heterocycles. The van der Waals surface area contributed by atoms with Gasteiger partial charge >= 0.3 is 17.9 Å². The summed E-state index contributed by atoms with van der Waals surface area (Å²) < 4.78 is 0. The molecule has 1 saturated heterocycles. The average Bonchev–Trinajstić information content (AvgIpc) is 2.87. The maximum atomic E-state index is 13.3. The standard InChI is InChI=1S/C25H34N6O8S/c32-21-10-27-6-5-26-7-8-29(14-23(34)35)13-22(33)31(16-25(38)39)12-19(11-30(21)15-24(36)37)9-18-1-3-20(4-2-18)28-17-40/h1-4,19,26-27H,5-16H2,(H,34,35)(H,36,37)(H,38,39). The van der Waals surface area contributed by atoms with Crippen LogP contribution in [0.5, 0.6) is 0 Å². The highest BCUT2D eigenvalue weighted by Gasteiger charge is 2.27. The first-order chi connectivity index (χ1) is 19.1. The van der Waals surface area contributed by atoms with Crippen LogP contribution in [0, 0.1) is 5.92 Å². The Morgan fingerprint density at radius 2 is 1.45 bits per heavy atom. The minimum Gasteiger partial charge on any atom is -0.480 e. The topological polar surface area (TPSA) is 192 Å². The van der Waals surface area contributed by atoms with E-state index in [0.717, 1.165) is 10.5 Å². The number of hydrogen-bond acceptors (Lipinski definition) is 10. The third-order valence-corrected chi connectivity index (χ3v) is 6.12. The molecule has 0 spiro atoms. The first kappa shape index (κ1) is 32.5. The van der Waals surface area contributed by atoms with Gasteiger partial charge in [0.25, 0.3) is 0 Å². The number of nitrogens with zero attached hydrogens (tertiary/aromatic N) is 4. The van der Waals surface area contributed by atoms with Gasteiger partial charge in [0.15, 0.2) is 0 Å². The predicted octanol–water partition coefficient (Wildman–Crippen LogP) is -1.01. The Morgan fingerprint density at radius 1 is 0.875 bits per heavy atom. The van der Waals surface area contributed by atoms with E-state index < -0.39 is 55.3 Å². The summed E-state index contributed by atoms with van der Waals surface area (Å²) >= 11 is 4.62. The van der Waals surface area contributed by atoms with Crippen molar-refractivity contribution in [3.8, 4) is 0 Å². The van der Waals surface area contributed by atoms with Crippen molar-refractivity contribution in [2.75, 3.05) is 72.0 Å². The summed E-state index contributed by atoms with van der Waals surface area (Å²) in [5.41, 5.74) is 1.35. The fraction of sp³-hybridized carbons (Fsp3) is 0.520. The van der Waals surface area contributed by atoms with Gasteiger partial charge in [0, 0.05) is 39.3 Å². The van der Waals surface area contributed by atoms with Crippen LogP contribution < -0.4 is 10.6 Å². The smallest absolute Gasteiger partial charge is 0.323 e. The van der Waals surface area contributed by atoms with Gasteiger partial charge in [-0.1, -0.05) is 12.1 Å². The van der Waals surface area contributed by atoms with Crippen molar-refractivity contribution in [1.82, 2.24) is 25.3 Å². The Hall–Kier alpha value is -3.75. The number of rotatable bonds is 9. The van der Waals surface area contributed by atoms with Crippen LogP contribution in [0.4, 0.5) is 5.69 Å². The average molecular weight is 579 g/mol. The van der Waals surface area contributed by atoms with E-state index in [0.29, 0.717) is 25.3 Å². The van der Waals surface area contributed by atoms with Gasteiger partial charge in [-0.05, 0) is 42.3 Å². The van der Waals surface area contributed by atoms with Crippen LogP contribution in [0.15, 0.2) is 29.3 Å². The van der Waals surface area contributed by atoms with Crippen molar-refractivity contribution in [3.63, 3.8) is 0 Å². The number of aliphatic carboxylic acids is 3. The van der Waals surface area contributed by atoms with Crippen molar-refractivity contribution in [2.45, 2.75) is 6.42 Å². The number of nitrogens with one attached hydrogen (secondary N) is 2. The zero-order valence-corrected chi connectivity index (χ0v) is 22.8. The quantitative estimate of drug-likeness (QED) is 0.177. The van der Waals surface area contributed by atoms with Gasteiger partial charge in [-0.15, -0.1) is 0 Å². The van der Waals surface area contributed by atoms with Gasteiger partial charge < -0.3 is 35.8 Å². The summed E-state index contributed by atoms with van der Waals surface area (Å²) in [5, 5.41) is 36.6. The Balaban J connectivity index is 2.42. The molecule has 1 fully saturated rings. The number of amides is 2. The van der Waals surface area contributed by atoms with Gasteiger partial charge in [-0.2, -0.15) is 4.99 Å². The molecule has 2 rings (SSSR count). The lowest BCUT2D eigenvalue weighted by Gasteiger charge is -2.32. The predicted molar refractivity (Wildman–Crippen MR) is 147 cm³/mol. The van der Waals surface area contributed by atoms with E-state index in [1.54, 1.807) is 24.3 Å². The Labute approximate surface area is 236 Å². The van der Waals surface area contributed by atoms with E-state index >= 15 is 0 Å². The molecule has 0 saturated carbocycles. The number of benzene rings is 1. The second-order valence-electron chi connectivity index (χ2n) is 9.31. The van der Waals surface area contributed by atoms with Gasteiger partial charge in [0.1, 0.15) is 13.1 Å². The lowest BCUT2D eigenvalue weighted by molar-refractivity contribution is -0.147. The lowest BCUT2D eigenvalue weighted by Crippen LogP contribution is -2.50. The fourth-order valence-corrected chi connectivity index (χ4v) is 4.39. The molecule has 0 aliphatic carbocycles. The molecule has 218 valence electrons. The summed E-state index contributed by atoms with van der Waals surface area (Å²) in [6.07, 6.45) is 0.282. The van der Waals surface area contributed by atoms with Gasteiger partial charge in [0.2, 0.25) is 11.8 Å². The van der Waals surface area contributed by atoms with Crippen LogP contribution in [0.1, 0.15) is 5.56 Å². The SMILES string of the molecule is O=C(O)CN1CCNCCNCC(=O)N(CC(=O)O)CC(Cc2ccc(N=C=S)cc2)CN(CC(=O)O)C(=O)C1. The van der Waals surface area contributed by atoms with Gasteiger partial charge in [-0.3, -0.25) is 28.9 Å². The molecule has 1 atom stereocenters. The normalized spacial score (nSPS) is 18.6. The highest BCUT2D eigenvalue weighted by molar-refractivity contribution is 7.78. The number of aliphatic imine (C=N–C) groups is 1. The van der Waals surface area contributed by atoms with Crippen molar-refractivity contribution >= 4 is 52.8 Å². The van der Waals surface area contributed by atoms with E-state index in [1.807, 2.05) is 0 Å². The Kier molecular flexibility index (Phi) is 13.8. The van der Waals surface area contributed by atoms with Gasteiger partial charge in [0.05, 0.1) is 30.5 Å². The molecule has 0 radical (unpaired) electrons. The minimum absolute atomic E-state index is 0.0624. The number of carbonyl (C=O) groups is 5.